The van der Waals surface area contributed by atoms with Crippen molar-refractivity contribution in [1.29, 1.82) is 5.26 Å². The molecule has 0 amide bonds. The first kappa shape index (κ1) is 19.0. The highest BCUT2D eigenvalue weighted by Gasteiger charge is 2.18. The third-order valence-electron chi connectivity index (χ3n) is 3.64. The van der Waals surface area contributed by atoms with Crippen molar-refractivity contribution in [1.82, 2.24) is 25.1 Å². The Labute approximate surface area is 159 Å². The van der Waals surface area contributed by atoms with Crippen LogP contribution in [-0.4, -0.2) is 51.6 Å². The number of nitriles is 1. The van der Waals surface area contributed by atoms with Gasteiger partial charge in [-0.2, -0.15) is 10.4 Å². The summed E-state index contributed by atoms with van der Waals surface area (Å²) in [6, 6.07) is 3.59. The molecule has 0 unspecified atom stereocenters. The summed E-state index contributed by atoms with van der Waals surface area (Å²) < 4.78 is 24.3. The molecule has 10 nitrogen and oxygen atoms in total. The number of pyridine rings is 1. The van der Waals surface area contributed by atoms with Crippen molar-refractivity contribution in [2.75, 3.05) is 25.6 Å². The van der Waals surface area contributed by atoms with Crippen LogP contribution in [0.2, 0.25) is 0 Å². The minimum atomic E-state index is -1.30. The molecule has 3 rings (SSSR count). The van der Waals surface area contributed by atoms with Crippen LogP contribution in [0.5, 0.6) is 11.5 Å². The standard InChI is InChI=1S/C17H17FN8O2/c1-27-13-6-21-7-14(28-9-10(18)3-19)17(13)12-2-15(26-25-12)24-16-8-22-11(4-20)5-23-16/h2,5-8,10H,3,9,19H2,1H3,(H2,23,24,25,26)/t10-/m1/s1. The molecule has 144 valence electrons. The number of H-pyrrole nitrogens is 1. The molecule has 0 bridgehead atoms. The Bertz CT molecular complexity index is 970. The topological polar surface area (TPSA) is 148 Å². The van der Waals surface area contributed by atoms with Crippen LogP contribution < -0.4 is 20.5 Å². The van der Waals surface area contributed by atoms with Crippen molar-refractivity contribution < 1.29 is 13.9 Å². The molecular weight excluding hydrogens is 367 g/mol. The van der Waals surface area contributed by atoms with Crippen molar-refractivity contribution >= 4 is 11.6 Å². The third-order valence-corrected chi connectivity index (χ3v) is 3.64. The second kappa shape index (κ2) is 8.74. The molecule has 11 heteroatoms. The third kappa shape index (κ3) is 4.30. The van der Waals surface area contributed by atoms with Crippen LogP contribution in [0.3, 0.4) is 0 Å². The van der Waals surface area contributed by atoms with E-state index < -0.39 is 6.17 Å². The van der Waals surface area contributed by atoms with Gasteiger partial charge in [-0.05, 0) is 0 Å². The fraction of sp³-hybridized carbons (Fsp3) is 0.235. The summed E-state index contributed by atoms with van der Waals surface area (Å²) in [4.78, 5) is 12.0. The molecule has 0 aliphatic heterocycles. The minimum Gasteiger partial charge on any atom is -0.494 e. The van der Waals surface area contributed by atoms with Gasteiger partial charge in [0.15, 0.2) is 17.3 Å². The molecule has 0 aliphatic rings. The Morgan fingerprint density at radius 3 is 2.75 bits per heavy atom. The SMILES string of the molecule is COc1cncc(OC[C@H](F)CN)c1-c1cc(Nc2cnc(C#N)cn2)n[nH]1. The average Bonchev–Trinajstić information content (AvgIpc) is 3.20. The van der Waals surface area contributed by atoms with E-state index in [0.29, 0.717) is 34.4 Å². The molecule has 0 spiro atoms. The highest BCUT2D eigenvalue weighted by Crippen LogP contribution is 2.37. The molecule has 3 aromatic heterocycles. The monoisotopic (exact) mass is 384 g/mol. The number of hydrogen-bond donors (Lipinski definition) is 3. The molecule has 3 heterocycles. The first-order chi connectivity index (χ1) is 13.6. The number of alkyl halides is 1. The van der Waals surface area contributed by atoms with Crippen LogP contribution >= 0.6 is 0 Å². The van der Waals surface area contributed by atoms with E-state index in [2.05, 4.69) is 30.5 Å². The molecule has 28 heavy (non-hydrogen) atoms. The number of anilines is 2. The fourth-order valence-electron chi connectivity index (χ4n) is 2.30. The number of rotatable bonds is 8. The summed E-state index contributed by atoms with van der Waals surface area (Å²) in [6.07, 6.45) is 4.44. The number of halogens is 1. The lowest BCUT2D eigenvalue weighted by Gasteiger charge is -2.14. The van der Waals surface area contributed by atoms with E-state index in [9.17, 15) is 4.39 Å². The van der Waals surface area contributed by atoms with E-state index >= 15 is 0 Å². The summed E-state index contributed by atoms with van der Waals surface area (Å²) in [7, 11) is 1.49. The summed E-state index contributed by atoms with van der Waals surface area (Å²) in [5.74, 6) is 1.61. The zero-order valence-corrected chi connectivity index (χ0v) is 14.9. The molecule has 0 radical (unpaired) electrons. The van der Waals surface area contributed by atoms with Crippen molar-refractivity contribution in [3.8, 4) is 28.8 Å². The molecule has 3 aromatic rings. The van der Waals surface area contributed by atoms with E-state index in [1.54, 1.807) is 6.07 Å². The highest BCUT2D eigenvalue weighted by atomic mass is 19.1. The maximum Gasteiger partial charge on any atom is 0.158 e. The van der Waals surface area contributed by atoms with E-state index in [0.717, 1.165) is 0 Å². The van der Waals surface area contributed by atoms with Gasteiger partial charge < -0.3 is 20.5 Å². The van der Waals surface area contributed by atoms with Crippen molar-refractivity contribution in [2.45, 2.75) is 6.17 Å². The Hall–Kier alpha value is -3.78. The van der Waals surface area contributed by atoms with Gasteiger partial charge >= 0.3 is 0 Å². The quantitative estimate of drug-likeness (QED) is 0.526. The number of nitrogens with two attached hydrogens (primary N) is 1. The molecule has 1 atom stereocenters. The summed E-state index contributed by atoms with van der Waals surface area (Å²) in [5.41, 5.74) is 6.59. The first-order valence-electron chi connectivity index (χ1n) is 8.18. The van der Waals surface area contributed by atoms with E-state index in [1.165, 1.54) is 31.9 Å². The Morgan fingerprint density at radius 2 is 2.07 bits per heavy atom. The predicted octanol–water partition coefficient (Wildman–Crippen LogP) is 1.56. The van der Waals surface area contributed by atoms with E-state index in [4.69, 9.17) is 20.5 Å². The van der Waals surface area contributed by atoms with Gasteiger partial charge in [-0.3, -0.25) is 10.1 Å². The number of methoxy groups -OCH3 is 1. The maximum absolute atomic E-state index is 13.5. The number of aromatic amines is 1. The molecule has 0 aromatic carbocycles. The molecule has 0 saturated heterocycles. The smallest absolute Gasteiger partial charge is 0.158 e. The van der Waals surface area contributed by atoms with Gasteiger partial charge in [-0.15, -0.1) is 0 Å². The zero-order valence-electron chi connectivity index (χ0n) is 14.9. The van der Waals surface area contributed by atoms with Gasteiger partial charge in [0.25, 0.3) is 0 Å². The molecule has 0 fully saturated rings. The lowest BCUT2D eigenvalue weighted by molar-refractivity contribution is 0.200. The zero-order chi connectivity index (χ0) is 19.9. The largest absolute Gasteiger partial charge is 0.494 e. The van der Waals surface area contributed by atoms with Crippen molar-refractivity contribution in [3.05, 3.63) is 36.5 Å². The van der Waals surface area contributed by atoms with Gasteiger partial charge in [0.05, 0.1) is 43.2 Å². The van der Waals surface area contributed by atoms with Gasteiger partial charge in [-0.25, -0.2) is 14.4 Å². The summed E-state index contributed by atoms with van der Waals surface area (Å²) in [6.45, 7) is -0.352. The number of nitrogens with one attached hydrogen (secondary N) is 2. The predicted molar refractivity (Wildman–Crippen MR) is 97.8 cm³/mol. The van der Waals surface area contributed by atoms with Gasteiger partial charge in [0, 0.05) is 12.6 Å². The van der Waals surface area contributed by atoms with Crippen LogP contribution in [-0.2, 0) is 0 Å². The number of aromatic nitrogens is 5. The summed E-state index contributed by atoms with van der Waals surface area (Å²) >= 11 is 0. The van der Waals surface area contributed by atoms with Crippen molar-refractivity contribution in [3.63, 3.8) is 0 Å². The van der Waals surface area contributed by atoms with Gasteiger partial charge in [0.1, 0.15) is 30.4 Å². The van der Waals surface area contributed by atoms with Crippen molar-refractivity contribution in [2.24, 2.45) is 5.73 Å². The molecular formula is C17H17FN8O2. The van der Waals surface area contributed by atoms with Crippen LogP contribution in [0.4, 0.5) is 16.0 Å². The lowest BCUT2D eigenvalue weighted by atomic mass is 10.1. The van der Waals surface area contributed by atoms with Gasteiger partial charge in [0.2, 0.25) is 0 Å². The second-order valence-electron chi connectivity index (χ2n) is 5.55. The van der Waals surface area contributed by atoms with E-state index in [1.807, 2.05) is 6.07 Å². The number of ether oxygens (including phenoxy) is 2. The molecule has 0 aliphatic carbocycles. The Morgan fingerprint density at radius 1 is 1.25 bits per heavy atom. The Kier molecular flexibility index (Phi) is 5.93. The van der Waals surface area contributed by atoms with Crippen LogP contribution in [0.1, 0.15) is 5.69 Å². The minimum absolute atomic E-state index is 0.142. The molecule has 0 saturated carbocycles. The maximum atomic E-state index is 13.5. The lowest BCUT2D eigenvalue weighted by Crippen LogP contribution is -2.22. The normalized spacial score (nSPS) is 11.5. The second-order valence-corrected chi connectivity index (χ2v) is 5.55. The molecule has 4 N–H and O–H groups in total. The summed E-state index contributed by atoms with van der Waals surface area (Å²) in [5, 5.41) is 18.8. The number of nitrogens with zero attached hydrogens (tertiary/aromatic N) is 5. The Balaban J connectivity index is 1.85. The highest BCUT2D eigenvalue weighted by molar-refractivity contribution is 5.75. The van der Waals surface area contributed by atoms with E-state index in [-0.39, 0.29) is 18.8 Å². The van der Waals surface area contributed by atoms with Gasteiger partial charge in [-0.1, -0.05) is 0 Å². The average molecular weight is 384 g/mol. The van der Waals surface area contributed by atoms with Crippen LogP contribution in [0.15, 0.2) is 30.9 Å². The van der Waals surface area contributed by atoms with Crippen LogP contribution in [0.25, 0.3) is 11.3 Å². The number of hydrogen-bond acceptors (Lipinski definition) is 9. The fourth-order valence-corrected chi connectivity index (χ4v) is 2.30. The van der Waals surface area contributed by atoms with Crippen LogP contribution in [0, 0.1) is 11.3 Å². The first-order valence-corrected chi connectivity index (χ1v) is 8.18.